The predicted molar refractivity (Wildman–Crippen MR) is 152 cm³/mol. The van der Waals surface area contributed by atoms with Gasteiger partial charge in [0.25, 0.3) is 0 Å². The van der Waals surface area contributed by atoms with Crippen molar-refractivity contribution < 1.29 is 4.39 Å². The lowest BCUT2D eigenvalue weighted by Gasteiger charge is -2.21. The van der Waals surface area contributed by atoms with E-state index in [4.69, 9.17) is 5.41 Å². The number of hydrogen-bond donors (Lipinski definition) is 3. The number of rotatable bonds is 8. The van der Waals surface area contributed by atoms with Gasteiger partial charge in [-0.1, -0.05) is 31.7 Å². The van der Waals surface area contributed by atoms with Gasteiger partial charge in [0.05, 0.1) is 6.54 Å². The molecule has 0 spiro atoms. The van der Waals surface area contributed by atoms with Crippen LogP contribution in [-0.2, 0) is 0 Å². The molecule has 1 heterocycles. The molecule has 0 radical (unpaired) electrons. The Kier molecular flexibility index (Phi) is 11.1. The number of allylic oxidation sites excluding steroid dienone is 9. The molecule has 0 saturated heterocycles. The summed E-state index contributed by atoms with van der Waals surface area (Å²) in [6.07, 6.45) is 13.4. The molecule has 0 unspecified atom stereocenters. The molecule has 6 nitrogen and oxygen atoms in total. The first-order valence-corrected chi connectivity index (χ1v) is 12.2. The van der Waals surface area contributed by atoms with E-state index in [1.807, 2.05) is 46.0 Å². The predicted octanol–water partition coefficient (Wildman–Crippen LogP) is 5.90. The standard InChI is InChI=1S/C29H39FN6/c1-8-21(5)36(7)19-20(4)15-28(31)35-29(33-10-3)17-23-11-12-26(30)24(16-23)25-18-32-13-14-34-27(9-2)22(25)6/h9-10,12,15-18,34H,3,5,8,11,13-14,19H2,1-2,4,6-7H3,(H2,31,33,35)/b20-15+,23-17+,25-22+,27-9-,32-18-. The van der Waals surface area contributed by atoms with Crippen molar-refractivity contribution in [2.24, 2.45) is 9.98 Å². The van der Waals surface area contributed by atoms with Crippen LogP contribution < -0.4 is 10.6 Å². The zero-order chi connectivity index (χ0) is 26.7. The summed E-state index contributed by atoms with van der Waals surface area (Å²) in [5.41, 5.74) is 6.05. The van der Waals surface area contributed by atoms with E-state index in [0.29, 0.717) is 30.9 Å². The van der Waals surface area contributed by atoms with Crippen LogP contribution in [0.2, 0.25) is 0 Å². The summed E-state index contributed by atoms with van der Waals surface area (Å²) in [6, 6.07) is 0. The molecule has 1 aliphatic heterocycles. The third-order valence-electron chi connectivity index (χ3n) is 5.91. The van der Waals surface area contributed by atoms with Gasteiger partial charge in [0.1, 0.15) is 17.5 Å². The van der Waals surface area contributed by atoms with Crippen LogP contribution >= 0.6 is 0 Å². The van der Waals surface area contributed by atoms with E-state index in [0.717, 1.165) is 46.7 Å². The molecule has 0 aromatic heterocycles. The van der Waals surface area contributed by atoms with Gasteiger partial charge >= 0.3 is 0 Å². The third kappa shape index (κ3) is 8.18. The van der Waals surface area contributed by atoms with E-state index in [1.165, 1.54) is 6.20 Å². The number of amidine groups is 2. The minimum atomic E-state index is -0.275. The van der Waals surface area contributed by atoms with Crippen molar-refractivity contribution >= 4 is 17.9 Å². The molecule has 0 atom stereocenters. The number of aliphatic imine (C=N–C) groups is 2. The van der Waals surface area contributed by atoms with Gasteiger partial charge in [-0.15, -0.1) is 0 Å². The van der Waals surface area contributed by atoms with Gasteiger partial charge in [-0.3, -0.25) is 10.4 Å². The molecule has 1 aliphatic carbocycles. The van der Waals surface area contributed by atoms with E-state index in [-0.39, 0.29) is 11.7 Å². The first kappa shape index (κ1) is 28.5. The van der Waals surface area contributed by atoms with Gasteiger partial charge in [0.15, 0.2) is 0 Å². The van der Waals surface area contributed by atoms with Crippen LogP contribution in [0.3, 0.4) is 0 Å². The minimum absolute atomic E-state index is 0.205. The highest BCUT2D eigenvalue weighted by Gasteiger charge is 2.19. The van der Waals surface area contributed by atoms with E-state index in [1.54, 1.807) is 18.4 Å². The monoisotopic (exact) mass is 490 g/mol. The topological polar surface area (TPSA) is 75.9 Å². The zero-order valence-electron chi connectivity index (χ0n) is 22.2. The van der Waals surface area contributed by atoms with Crippen LogP contribution in [0, 0.1) is 5.41 Å². The molecule has 7 heteroatoms. The third-order valence-corrected chi connectivity index (χ3v) is 5.91. The number of halogens is 1. The summed E-state index contributed by atoms with van der Waals surface area (Å²) < 4.78 is 15.0. The van der Waals surface area contributed by atoms with Gasteiger partial charge in [0.2, 0.25) is 0 Å². The zero-order valence-corrected chi connectivity index (χ0v) is 22.2. The van der Waals surface area contributed by atoms with Crippen LogP contribution in [0.25, 0.3) is 0 Å². The first-order chi connectivity index (χ1) is 17.2. The molecule has 36 heavy (non-hydrogen) atoms. The second-order valence-corrected chi connectivity index (χ2v) is 8.74. The maximum atomic E-state index is 15.0. The van der Waals surface area contributed by atoms with E-state index in [9.17, 15) is 4.39 Å². The molecule has 0 aromatic rings. The first-order valence-electron chi connectivity index (χ1n) is 12.2. The van der Waals surface area contributed by atoms with Crippen LogP contribution in [0.1, 0.15) is 40.5 Å². The number of hydrogen-bond acceptors (Lipinski definition) is 5. The molecule has 3 N–H and O–H groups in total. The van der Waals surface area contributed by atoms with Gasteiger partial charge in [-0.25, -0.2) is 9.38 Å². The second kappa shape index (κ2) is 14.0. The summed E-state index contributed by atoms with van der Waals surface area (Å²) in [5.74, 6) is 0.388. The Hall–Kier alpha value is -3.74. The van der Waals surface area contributed by atoms with Crippen molar-refractivity contribution in [3.63, 3.8) is 0 Å². The normalized spacial score (nSPS) is 22.2. The van der Waals surface area contributed by atoms with E-state index in [2.05, 4.69) is 45.6 Å². The van der Waals surface area contributed by atoms with Gasteiger partial charge < -0.3 is 15.5 Å². The molecule has 0 aromatic carbocycles. The largest absolute Gasteiger partial charge is 0.383 e. The van der Waals surface area contributed by atoms with Crippen LogP contribution in [0.15, 0.2) is 105 Å². The highest BCUT2D eigenvalue weighted by molar-refractivity contribution is 6.09. The van der Waals surface area contributed by atoms with Crippen LogP contribution in [-0.4, -0.2) is 49.5 Å². The fourth-order valence-corrected chi connectivity index (χ4v) is 3.91. The molecule has 0 bridgehead atoms. The summed E-state index contributed by atoms with van der Waals surface area (Å²) in [6.45, 7) is 17.7. The fraction of sp³-hybridized carbons (Fsp3) is 0.345. The Morgan fingerprint density at radius 1 is 1.42 bits per heavy atom. The summed E-state index contributed by atoms with van der Waals surface area (Å²) in [7, 11) is 1.99. The Morgan fingerprint density at radius 2 is 2.17 bits per heavy atom. The Balaban J connectivity index is 2.31. The smallest absolute Gasteiger partial charge is 0.131 e. The number of likely N-dealkylation sites (N-methyl/N-ethyl adjacent to an activating group) is 1. The molecule has 192 valence electrons. The van der Waals surface area contributed by atoms with Crippen molar-refractivity contribution in [3.8, 4) is 0 Å². The van der Waals surface area contributed by atoms with Crippen molar-refractivity contribution in [1.82, 2.24) is 15.5 Å². The van der Waals surface area contributed by atoms with Crippen molar-refractivity contribution in [3.05, 3.63) is 94.8 Å². The Labute approximate surface area is 215 Å². The van der Waals surface area contributed by atoms with E-state index >= 15 is 0 Å². The molecular weight excluding hydrogens is 451 g/mol. The summed E-state index contributed by atoms with van der Waals surface area (Å²) in [4.78, 5) is 10.8. The molecule has 2 rings (SSSR count). The van der Waals surface area contributed by atoms with Crippen molar-refractivity contribution in [1.29, 1.82) is 5.41 Å². The van der Waals surface area contributed by atoms with Gasteiger partial charge in [-0.2, -0.15) is 0 Å². The van der Waals surface area contributed by atoms with Crippen LogP contribution in [0.5, 0.6) is 0 Å². The Morgan fingerprint density at radius 3 is 2.83 bits per heavy atom. The molecule has 0 amide bonds. The average molecular weight is 491 g/mol. The molecule has 2 aliphatic rings. The number of nitrogens with one attached hydrogen (secondary N) is 3. The Bertz CT molecular complexity index is 1120. The maximum Gasteiger partial charge on any atom is 0.131 e. The molecule has 0 fully saturated rings. The van der Waals surface area contributed by atoms with Crippen molar-refractivity contribution in [2.75, 3.05) is 26.7 Å². The van der Waals surface area contributed by atoms with Gasteiger partial charge in [0, 0.05) is 55.1 Å². The summed E-state index contributed by atoms with van der Waals surface area (Å²) in [5, 5.41) is 14.8. The quantitative estimate of drug-likeness (QED) is 0.293. The van der Waals surface area contributed by atoms with Gasteiger partial charge in [-0.05, 0) is 69.1 Å². The van der Waals surface area contributed by atoms with E-state index < -0.39 is 0 Å². The maximum absolute atomic E-state index is 15.0. The lowest BCUT2D eigenvalue weighted by atomic mass is 9.91. The second-order valence-electron chi connectivity index (χ2n) is 8.74. The van der Waals surface area contributed by atoms with Crippen molar-refractivity contribution in [2.45, 2.75) is 40.5 Å². The lowest BCUT2D eigenvalue weighted by molar-refractivity contribution is 0.441. The SMILES string of the molecule is C=C/N=C(\C=C1C=C(C2=C(C)/C(=C/C)NCC/N=C\2)C(F)=CC\1)NC(=N)/C=C(\C)CN(C)C(=C)CC. The minimum Gasteiger partial charge on any atom is -0.383 e. The van der Waals surface area contributed by atoms with Crippen LogP contribution in [0.4, 0.5) is 4.39 Å². The highest BCUT2D eigenvalue weighted by atomic mass is 19.1. The molecule has 0 saturated carbocycles. The molecular formula is C29H39FN6. The lowest BCUT2D eigenvalue weighted by Crippen LogP contribution is -2.28. The fourth-order valence-electron chi connectivity index (χ4n) is 3.91. The highest BCUT2D eigenvalue weighted by Crippen LogP contribution is 2.31. The average Bonchev–Trinajstić information content (AvgIpc) is 2.82. The number of nitrogens with zero attached hydrogens (tertiary/aromatic N) is 3. The summed E-state index contributed by atoms with van der Waals surface area (Å²) >= 11 is 0.